The maximum atomic E-state index is 13.0. The van der Waals surface area contributed by atoms with E-state index >= 15 is 0 Å². The highest BCUT2D eigenvalue weighted by atomic mass is 35.5. The van der Waals surface area contributed by atoms with E-state index in [1.165, 1.54) is 16.2 Å². The molecule has 0 fully saturated rings. The van der Waals surface area contributed by atoms with Crippen molar-refractivity contribution in [1.82, 2.24) is 0 Å². The second-order valence-corrected chi connectivity index (χ2v) is 10.8. The Morgan fingerprint density at radius 3 is 2.79 bits per heavy atom. The smallest absolute Gasteiger partial charge is 0.267 e. The van der Waals surface area contributed by atoms with Crippen LogP contribution in [0.4, 0.5) is 5.00 Å². The molecule has 0 radical (unpaired) electrons. The summed E-state index contributed by atoms with van der Waals surface area (Å²) in [4.78, 5) is 14.7. The summed E-state index contributed by atoms with van der Waals surface area (Å²) in [5, 5.41) is 14.8. The number of hydrogen-bond donors (Lipinski definition) is 1. The Balaban J connectivity index is 1.64. The van der Waals surface area contributed by atoms with Gasteiger partial charge in [0.25, 0.3) is 5.91 Å². The molecule has 1 atom stereocenters. The first-order valence-corrected chi connectivity index (χ1v) is 11.9. The fourth-order valence-corrected chi connectivity index (χ4v) is 6.75. The molecular weight excluding hydrogens is 420 g/mol. The topological polar surface area (TPSA) is 52.9 Å². The highest BCUT2D eigenvalue weighted by molar-refractivity contribution is 7.22. The minimum atomic E-state index is -0.239. The number of carbonyl (C=O) groups is 1. The second kappa shape index (κ2) is 7.75. The Kier molecular flexibility index (Phi) is 5.46. The van der Waals surface area contributed by atoms with Crippen LogP contribution in [0.3, 0.4) is 0 Å². The van der Waals surface area contributed by atoms with Gasteiger partial charge >= 0.3 is 0 Å². The third-order valence-electron chi connectivity index (χ3n) is 6.36. The minimum Gasteiger partial charge on any atom is -0.312 e. The Labute approximate surface area is 184 Å². The number of fused-ring (bicyclic) bond motifs is 2. The number of anilines is 1. The van der Waals surface area contributed by atoms with Gasteiger partial charge < -0.3 is 5.32 Å². The molecule has 29 heavy (non-hydrogen) atoms. The predicted molar refractivity (Wildman–Crippen MR) is 123 cm³/mol. The standard InChI is InChI=1S/C23H23ClN2OS2/c1-4-23(2,3)13-9-10-14-16(12-25)22(29-18(14)11-13)26-21(27)20-19(24)15-7-5-6-8-17(15)28-20/h5-8,13H,4,9-11H2,1-3H3,(H,26,27). The lowest BCUT2D eigenvalue weighted by Gasteiger charge is -2.36. The number of nitrogens with zero attached hydrogens (tertiary/aromatic N) is 1. The number of rotatable bonds is 4. The van der Waals surface area contributed by atoms with Crippen LogP contribution >= 0.6 is 34.3 Å². The van der Waals surface area contributed by atoms with Crippen LogP contribution in [0.2, 0.25) is 5.02 Å². The molecule has 3 nitrogen and oxygen atoms in total. The molecule has 3 aromatic rings. The molecule has 1 aliphatic rings. The Bertz CT molecular complexity index is 1140. The predicted octanol–water partition coefficient (Wildman–Crippen LogP) is 7.28. The van der Waals surface area contributed by atoms with Crippen LogP contribution in [0, 0.1) is 22.7 Å². The van der Waals surface area contributed by atoms with Gasteiger partial charge in [-0.3, -0.25) is 4.79 Å². The first-order valence-electron chi connectivity index (χ1n) is 9.88. The van der Waals surface area contributed by atoms with Crippen LogP contribution in [0.15, 0.2) is 24.3 Å². The van der Waals surface area contributed by atoms with E-state index in [9.17, 15) is 10.1 Å². The maximum Gasteiger partial charge on any atom is 0.267 e. The number of nitrogens with one attached hydrogen (secondary N) is 1. The van der Waals surface area contributed by atoms with Gasteiger partial charge in [-0.15, -0.1) is 22.7 Å². The van der Waals surface area contributed by atoms with E-state index in [0.717, 1.165) is 41.3 Å². The van der Waals surface area contributed by atoms with Crippen LogP contribution in [0.25, 0.3) is 10.1 Å². The number of hydrogen-bond acceptors (Lipinski definition) is 4. The fraction of sp³-hybridized carbons (Fsp3) is 0.391. The van der Waals surface area contributed by atoms with Crippen molar-refractivity contribution in [1.29, 1.82) is 5.26 Å². The van der Waals surface area contributed by atoms with Gasteiger partial charge in [0.05, 0.1) is 10.6 Å². The Morgan fingerprint density at radius 1 is 1.34 bits per heavy atom. The zero-order valence-electron chi connectivity index (χ0n) is 16.8. The van der Waals surface area contributed by atoms with Crippen LogP contribution in [-0.2, 0) is 12.8 Å². The summed E-state index contributed by atoms with van der Waals surface area (Å²) in [7, 11) is 0. The molecule has 1 aromatic carbocycles. The van der Waals surface area contributed by atoms with E-state index < -0.39 is 0 Å². The van der Waals surface area contributed by atoms with Gasteiger partial charge in [-0.05, 0) is 42.2 Å². The van der Waals surface area contributed by atoms with E-state index in [2.05, 4.69) is 32.2 Å². The number of thiophene rings is 2. The quantitative estimate of drug-likeness (QED) is 0.461. The summed E-state index contributed by atoms with van der Waals surface area (Å²) in [6, 6.07) is 10.1. The summed E-state index contributed by atoms with van der Waals surface area (Å²) < 4.78 is 0.985. The second-order valence-electron chi connectivity index (χ2n) is 8.30. The summed E-state index contributed by atoms with van der Waals surface area (Å²) in [5.41, 5.74) is 2.03. The van der Waals surface area contributed by atoms with Crippen molar-refractivity contribution in [2.24, 2.45) is 11.3 Å². The summed E-state index contributed by atoms with van der Waals surface area (Å²) >= 11 is 9.41. The molecule has 0 spiro atoms. The van der Waals surface area contributed by atoms with Gasteiger partial charge in [-0.2, -0.15) is 5.26 Å². The fourth-order valence-electron chi connectivity index (χ4n) is 4.07. The van der Waals surface area contributed by atoms with Crippen molar-refractivity contribution >= 4 is 55.3 Å². The molecule has 0 bridgehead atoms. The van der Waals surface area contributed by atoms with Gasteiger partial charge in [0, 0.05) is 15.0 Å². The lowest BCUT2D eigenvalue weighted by Crippen LogP contribution is -2.28. The average Bonchev–Trinajstić information content (AvgIpc) is 3.24. The molecule has 0 saturated carbocycles. The van der Waals surface area contributed by atoms with Crippen LogP contribution < -0.4 is 5.32 Å². The van der Waals surface area contributed by atoms with Gasteiger partial charge in [0.2, 0.25) is 0 Å². The average molecular weight is 443 g/mol. The molecule has 2 heterocycles. The summed E-state index contributed by atoms with van der Waals surface area (Å²) in [5.74, 6) is 0.363. The van der Waals surface area contributed by atoms with Crippen molar-refractivity contribution < 1.29 is 4.79 Å². The van der Waals surface area contributed by atoms with E-state index in [-0.39, 0.29) is 11.3 Å². The molecule has 1 aliphatic carbocycles. The third kappa shape index (κ3) is 3.59. The normalized spacial score (nSPS) is 16.4. The molecule has 0 saturated heterocycles. The number of nitriles is 1. The van der Waals surface area contributed by atoms with E-state index in [1.54, 1.807) is 11.3 Å². The number of halogens is 1. The van der Waals surface area contributed by atoms with Crippen molar-refractivity contribution in [2.75, 3.05) is 5.32 Å². The van der Waals surface area contributed by atoms with Crippen LogP contribution in [0.5, 0.6) is 0 Å². The Morgan fingerprint density at radius 2 is 2.10 bits per heavy atom. The zero-order valence-corrected chi connectivity index (χ0v) is 19.2. The molecule has 1 N–H and O–H groups in total. The van der Waals surface area contributed by atoms with Crippen molar-refractivity contribution in [3.8, 4) is 6.07 Å². The van der Waals surface area contributed by atoms with E-state index in [4.69, 9.17) is 11.6 Å². The SMILES string of the molecule is CCC(C)(C)C1CCc2c(sc(NC(=O)c3sc4ccccc4c3Cl)c2C#N)C1. The van der Waals surface area contributed by atoms with Gasteiger partial charge in [0.15, 0.2) is 0 Å². The van der Waals surface area contributed by atoms with Gasteiger partial charge in [0.1, 0.15) is 15.9 Å². The van der Waals surface area contributed by atoms with Crippen molar-refractivity contribution in [3.63, 3.8) is 0 Å². The first-order chi connectivity index (χ1) is 13.9. The summed E-state index contributed by atoms with van der Waals surface area (Å²) in [6.07, 6.45) is 4.11. The molecule has 1 unspecified atom stereocenters. The van der Waals surface area contributed by atoms with Crippen molar-refractivity contribution in [2.45, 2.75) is 46.5 Å². The minimum absolute atomic E-state index is 0.239. The van der Waals surface area contributed by atoms with Gasteiger partial charge in [-0.25, -0.2) is 0 Å². The molecule has 0 aliphatic heterocycles. The number of carbonyl (C=O) groups excluding carboxylic acids is 1. The Hall–Kier alpha value is -1.87. The van der Waals surface area contributed by atoms with E-state index in [0.29, 0.717) is 26.4 Å². The molecule has 1 amide bonds. The third-order valence-corrected chi connectivity index (χ3v) is 9.21. The molecule has 150 valence electrons. The highest BCUT2D eigenvalue weighted by Crippen LogP contribution is 2.45. The van der Waals surface area contributed by atoms with Crippen molar-refractivity contribution in [3.05, 3.63) is 50.2 Å². The highest BCUT2D eigenvalue weighted by Gasteiger charge is 2.34. The summed E-state index contributed by atoms with van der Waals surface area (Å²) in [6.45, 7) is 6.90. The number of benzene rings is 1. The van der Waals surface area contributed by atoms with E-state index in [1.807, 2.05) is 24.3 Å². The maximum absolute atomic E-state index is 13.0. The molecule has 6 heteroatoms. The monoisotopic (exact) mass is 442 g/mol. The number of amides is 1. The largest absolute Gasteiger partial charge is 0.312 e. The lowest BCUT2D eigenvalue weighted by molar-refractivity contribution is 0.103. The molecular formula is C23H23ClN2OS2. The van der Waals surface area contributed by atoms with Gasteiger partial charge in [-0.1, -0.05) is 57.0 Å². The zero-order chi connectivity index (χ0) is 20.8. The lowest BCUT2D eigenvalue weighted by atomic mass is 9.69. The first kappa shape index (κ1) is 20.4. The molecule has 2 aromatic heterocycles. The van der Waals surface area contributed by atoms with Crippen LogP contribution in [-0.4, -0.2) is 5.91 Å². The molecule has 4 rings (SSSR count). The van der Waals surface area contributed by atoms with Crippen LogP contribution in [0.1, 0.15) is 59.3 Å².